The molecule has 1 aliphatic rings. The first-order chi connectivity index (χ1) is 8.74. The van der Waals surface area contributed by atoms with Gasteiger partial charge in [-0.2, -0.15) is 0 Å². The number of nitrogens with one attached hydrogen (secondary N) is 2. The van der Waals surface area contributed by atoms with Crippen LogP contribution in [0.15, 0.2) is 24.5 Å². The SMILES string of the molecule is Cn1cnc2cc(NC(=O)C3CSCN3)ccc21. The van der Waals surface area contributed by atoms with Crippen LogP contribution in [0.1, 0.15) is 0 Å². The maximum absolute atomic E-state index is 11.9. The second kappa shape index (κ2) is 4.62. The number of amides is 1. The number of fused-ring (bicyclic) bond motifs is 1. The number of hydrogen-bond acceptors (Lipinski definition) is 4. The van der Waals surface area contributed by atoms with Gasteiger partial charge in [0.2, 0.25) is 5.91 Å². The van der Waals surface area contributed by atoms with Gasteiger partial charge in [-0.1, -0.05) is 0 Å². The van der Waals surface area contributed by atoms with Crippen molar-refractivity contribution in [2.75, 3.05) is 16.9 Å². The summed E-state index contributed by atoms with van der Waals surface area (Å²) in [5, 5.41) is 6.07. The van der Waals surface area contributed by atoms with E-state index in [-0.39, 0.29) is 11.9 Å². The van der Waals surface area contributed by atoms with Crippen LogP contribution in [0.4, 0.5) is 5.69 Å². The Kier molecular flexibility index (Phi) is 2.97. The van der Waals surface area contributed by atoms with Crippen LogP contribution in [0.2, 0.25) is 0 Å². The van der Waals surface area contributed by atoms with Gasteiger partial charge in [0.1, 0.15) is 0 Å². The van der Waals surface area contributed by atoms with Gasteiger partial charge in [-0.05, 0) is 18.2 Å². The van der Waals surface area contributed by atoms with E-state index in [1.165, 1.54) is 0 Å². The Labute approximate surface area is 109 Å². The van der Waals surface area contributed by atoms with E-state index in [9.17, 15) is 4.79 Å². The number of carbonyl (C=O) groups excluding carboxylic acids is 1. The summed E-state index contributed by atoms with van der Waals surface area (Å²) in [6, 6.07) is 5.68. The number of imidazole rings is 1. The lowest BCUT2D eigenvalue weighted by Crippen LogP contribution is -2.37. The molecule has 0 saturated carbocycles. The van der Waals surface area contributed by atoms with Crippen molar-refractivity contribution < 1.29 is 4.79 Å². The topological polar surface area (TPSA) is 59.0 Å². The largest absolute Gasteiger partial charge is 0.334 e. The van der Waals surface area contributed by atoms with Crippen molar-refractivity contribution >= 4 is 34.4 Å². The lowest BCUT2D eigenvalue weighted by atomic mass is 10.2. The van der Waals surface area contributed by atoms with E-state index in [0.717, 1.165) is 28.4 Å². The van der Waals surface area contributed by atoms with Crippen molar-refractivity contribution in [3.8, 4) is 0 Å². The maximum Gasteiger partial charge on any atom is 0.242 e. The van der Waals surface area contributed by atoms with Crippen LogP contribution in [0, 0.1) is 0 Å². The molecule has 6 heteroatoms. The molecule has 0 radical (unpaired) electrons. The molecule has 94 valence electrons. The molecule has 2 aromatic rings. The summed E-state index contributed by atoms with van der Waals surface area (Å²) in [5.41, 5.74) is 2.75. The molecule has 1 aromatic heterocycles. The van der Waals surface area contributed by atoms with Crippen LogP contribution in [-0.2, 0) is 11.8 Å². The molecule has 1 amide bonds. The third-order valence-corrected chi connectivity index (χ3v) is 3.97. The first-order valence-electron chi connectivity index (χ1n) is 5.77. The minimum absolute atomic E-state index is 0.0234. The van der Waals surface area contributed by atoms with Crippen LogP contribution in [-0.4, -0.2) is 33.1 Å². The third-order valence-electron chi connectivity index (χ3n) is 3.03. The number of anilines is 1. The molecule has 18 heavy (non-hydrogen) atoms. The van der Waals surface area contributed by atoms with E-state index >= 15 is 0 Å². The van der Waals surface area contributed by atoms with E-state index in [1.807, 2.05) is 29.8 Å². The molecule has 3 rings (SSSR count). The van der Waals surface area contributed by atoms with Crippen molar-refractivity contribution in [2.24, 2.45) is 7.05 Å². The fourth-order valence-corrected chi connectivity index (χ4v) is 2.95. The number of rotatable bonds is 2. The number of carbonyl (C=O) groups is 1. The number of thioether (sulfide) groups is 1. The summed E-state index contributed by atoms with van der Waals surface area (Å²) in [6.07, 6.45) is 1.77. The third kappa shape index (κ3) is 2.09. The van der Waals surface area contributed by atoms with Gasteiger partial charge >= 0.3 is 0 Å². The minimum atomic E-state index is -0.0885. The lowest BCUT2D eigenvalue weighted by molar-refractivity contribution is -0.117. The van der Waals surface area contributed by atoms with Gasteiger partial charge in [-0.25, -0.2) is 4.98 Å². The average Bonchev–Trinajstić information content (AvgIpc) is 2.99. The highest BCUT2D eigenvalue weighted by Crippen LogP contribution is 2.18. The monoisotopic (exact) mass is 262 g/mol. The molecular weight excluding hydrogens is 248 g/mol. The van der Waals surface area contributed by atoms with Gasteiger partial charge in [-0.3, -0.25) is 10.1 Å². The Morgan fingerprint density at radius 2 is 2.50 bits per heavy atom. The van der Waals surface area contributed by atoms with Gasteiger partial charge in [0.25, 0.3) is 0 Å². The molecule has 2 heterocycles. The average molecular weight is 262 g/mol. The van der Waals surface area contributed by atoms with E-state index in [1.54, 1.807) is 18.1 Å². The van der Waals surface area contributed by atoms with E-state index < -0.39 is 0 Å². The second-order valence-corrected chi connectivity index (χ2v) is 5.35. The van der Waals surface area contributed by atoms with Gasteiger partial charge in [0, 0.05) is 24.4 Å². The van der Waals surface area contributed by atoms with Crippen molar-refractivity contribution in [1.82, 2.24) is 14.9 Å². The summed E-state index contributed by atoms with van der Waals surface area (Å²) in [7, 11) is 1.95. The molecular formula is C12H14N4OS. The van der Waals surface area contributed by atoms with Crippen LogP contribution < -0.4 is 10.6 Å². The molecule has 1 saturated heterocycles. The molecule has 0 spiro atoms. The van der Waals surface area contributed by atoms with E-state index in [0.29, 0.717) is 0 Å². The summed E-state index contributed by atoms with van der Waals surface area (Å²) in [6.45, 7) is 0. The Morgan fingerprint density at radius 3 is 3.28 bits per heavy atom. The smallest absolute Gasteiger partial charge is 0.242 e. The van der Waals surface area contributed by atoms with Gasteiger partial charge < -0.3 is 9.88 Å². The predicted molar refractivity (Wildman–Crippen MR) is 73.6 cm³/mol. The van der Waals surface area contributed by atoms with Gasteiger partial charge in [0.15, 0.2) is 0 Å². The fourth-order valence-electron chi connectivity index (χ4n) is 2.01. The molecule has 1 unspecified atom stereocenters. The van der Waals surface area contributed by atoms with Gasteiger partial charge in [0.05, 0.1) is 23.4 Å². The second-order valence-electron chi connectivity index (χ2n) is 4.32. The molecule has 1 atom stereocenters. The van der Waals surface area contributed by atoms with E-state index in [2.05, 4.69) is 15.6 Å². The van der Waals surface area contributed by atoms with Crippen LogP contribution >= 0.6 is 11.8 Å². The summed E-state index contributed by atoms with van der Waals surface area (Å²) in [4.78, 5) is 16.2. The molecule has 1 aromatic carbocycles. The first kappa shape index (κ1) is 11.6. The summed E-state index contributed by atoms with van der Waals surface area (Å²) < 4.78 is 1.95. The maximum atomic E-state index is 11.9. The van der Waals surface area contributed by atoms with Gasteiger partial charge in [-0.15, -0.1) is 11.8 Å². The Morgan fingerprint density at radius 1 is 1.61 bits per heavy atom. The molecule has 1 aliphatic heterocycles. The minimum Gasteiger partial charge on any atom is -0.334 e. The Hall–Kier alpha value is -1.53. The Bertz CT molecular complexity index is 589. The highest BCUT2D eigenvalue weighted by Gasteiger charge is 2.22. The lowest BCUT2D eigenvalue weighted by Gasteiger charge is -2.10. The molecule has 0 bridgehead atoms. The van der Waals surface area contributed by atoms with Crippen LogP contribution in [0.3, 0.4) is 0 Å². The fraction of sp³-hybridized carbons (Fsp3) is 0.333. The normalized spacial score (nSPS) is 19.3. The highest BCUT2D eigenvalue weighted by atomic mass is 32.2. The molecule has 1 fully saturated rings. The number of aryl methyl sites for hydroxylation is 1. The summed E-state index contributed by atoms with van der Waals surface area (Å²) >= 11 is 1.74. The molecule has 0 aliphatic carbocycles. The molecule has 5 nitrogen and oxygen atoms in total. The molecule has 2 N–H and O–H groups in total. The number of nitrogens with zero attached hydrogens (tertiary/aromatic N) is 2. The first-order valence-corrected chi connectivity index (χ1v) is 6.92. The predicted octanol–water partition coefficient (Wildman–Crippen LogP) is 1.17. The van der Waals surface area contributed by atoms with Crippen molar-refractivity contribution in [3.63, 3.8) is 0 Å². The Balaban J connectivity index is 1.79. The highest BCUT2D eigenvalue weighted by molar-refractivity contribution is 7.99. The van der Waals surface area contributed by atoms with E-state index in [4.69, 9.17) is 0 Å². The van der Waals surface area contributed by atoms with Crippen molar-refractivity contribution in [2.45, 2.75) is 6.04 Å². The van der Waals surface area contributed by atoms with Crippen LogP contribution in [0.25, 0.3) is 11.0 Å². The zero-order chi connectivity index (χ0) is 12.5. The quantitative estimate of drug-likeness (QED) is 0.853. The van der Waals surface area contributed by atoms with Crippen molar-refractivity contribution in [1.29, 1.82) is 0 Å². The van der Waals surface area contributed by atoms with Crippen molar-refractivity contribution in [3.05, 3.63) is 24.5 Å². The number of aromatic nitrogens is 2. The van der Waals surface area contributed by atoms with Crippen LogP contribution in [0.5, 0.6) is 0 Å². The number of hydrogen-bond donors (Lipinski definition) is 2. The summed E-state index contributed by atoms with van der Waals surface area (Å²) in [5.74, 6) is 1.70. The number of benzene rings is 1. The zero-order valence-corrected chi connectivity index (χ0v) is 10.8. The standard InChI is InChI=1S/C12H14N4OS/c1-16-6-13-9-4-8(2-3-11(9)16)15-12(17)10-5-18-7-14-10/h2-4,6,10,14H,5,7H2,1H3,(H,15,17). The zero-order valence-electron chi connectivity index (χ0n) is 10.0.